The first-order valence-corrected chi connectivity index (χ1v) is 7.53. The maximum Gasteiger partial charge on any atom is 0.330 e. The number of nitrogens with one attached hydrogen (secondary N) is 1. The summed E-state index contributed by atoms with van der Waals surface area (Å²) in [6.45, 7) is 4.46. The van der Waals surface area contributed by atoms with E-state index in [9.17, 15) is 9.59 Å². The lowest BCUT2D eigenvalue weighted by Gasteiger charge is -2.14. The van der Waals surface area contributed by atoms with Crippen LogP contribution in [0.1, 0.15) is 26.7 Å². The summed E-state index contributed by atoms with van der Waals surface area (Å²) in [7, 11) is 3.26. The van der Waals surface area contributed by atoms with Crippen molar-refractivity contribution in [2.75, 3.05) is 18.5 Å². The van der Waals surface area contributed by atoms with E-state index in [-0.39, 0.29) is 11.7 Å². The minimum Gasteiger partial charge on any atom is -0.466 e. The van der Waals surface area contributed by atoms with Crippen molar-refractivity contribution in [2.24, 2.45) is 19.1 Å². The molecule has 122 valence electrons. The van der Waals surface area contributed by atoms with E-state index in [4.69, 9.17) is 17.0 Å². The zero-order valence-electron chi connectivity index (χ0n) is 13.4. The fourth-order valence-electron chi connectivity index (χ4n) is 1.94. The first kappa shape index (κ1) is 18.1. The highest BCUT2D eigenvalue weighted by molar-refractivity contribution is 7.71. The summed E-state index contributed by atoms with van der Waals surface area (Å²) in [5.41, 5.74) is 0.379. The molecule has 0 aliphatic carbocycles. The van der Waals surface area contributed by atoms with Gasteiger partial charge in [0.15, 0.2) is 5.82 Å². The molecule has 0 aromatic carbocycles. The lowest BCUT2D eigenvalue weighted by Crippen LogP contribution is -2.28. The van der Waals surface area contributed by atoms with E-state index in [1.807, 2.05) is 0 Å². The number of nitrogens with zero attached hydrogens (tertiary/aromatic N) is 3. The van der Waals surface area contributed by atoms with Crippen molar-refractivity contribution < 1.29 is 9.53 Å². The van der Waals surface area contributed by atoms with Gasteiger partial charge in [-0.25, -0.2) is 9.79 Å². The highest BCUT2D eigenvalue weighted by Gasteiger charge is 2.12. The summed E-state index contributed by atoms with van der Waals surface area (Å²) in [6.07, 6.45) is 2.54. The second kappa shape index (κ2) is 8.47. The van der Waals surface area contributed by atoms with Crippen LogP contribution in [0, 0.1) is 4.64 Å². The van der Waals surface area contributed by atoms with Crippen LogP contribution in [0.3, 0.4) is 0 Å². The number of aliphatic imine (C=N–C) groups is 1. The summed E-state index contributed by atoms with van der Waals surface area (Å²) in [4.78, 5) is 27.5. The van der Waals surface area contributed by atoms with Crippen molar-refractivity contribution in [3.05, 3.63) is 15.1 Å². The summed E-state index contributed by atoms with van der Waals surface area (Å²) in [6, 6.07) is 0. The molecule has 0 saturated carbocycles. The Morgan fingerprint density at radius 2 is 2.09 bits per heavy atom. The van der Waals surface area contributed by atoms with Gasteiger partial charge in [-0.2, -0.15) is 0 Å². The number of anilines is 1. The molecule has 1 aromatic rings. The van der Waals surface area contributed by atoms with Crippen LogP contribution in [-0.2, 0) is 23.6 Å². The molecule has 0 amide bonds. The first-order valence-electron chi connectivity index (χ1n) is 7.12. The Morgan fingerprint density at radius 1 is 1.41 bits per heavy atom. The highest BCUT2D eigenvalue weighted by atomic mass is 32.1. The van der Waals surface area contributed by atoms with Gasteiger partial charge in [-0.05, 0) is 20.3 Å². The van der Waals surface area contributed by atoms with E-state index in [0.29, 0.717) is 42.1 Å². The van der Waals surface area contributed by atoms with Gasteiger partial charge in [-0.15, -0.1) is 0 Å². The third kappa shape index (κ3) is 4.27. The van der Waals surface area contributed by atoms with Crippen molar-refractivity contribution in [1.29, 1.82) is 0 Å². The van der Waals surface area contributed by atoms with Crippen molar-refractivity contribution in [2.45, 2.75) is 26.7 Å². The van der Waals surface area contributed by atoms with Gasteiger partial charge in [-0.1, -0.05) is 12.2 Å². The van der Waals surface area contributed by atoms with Crippen LogP contribution in [0.15, 0.2) is 9.79 Å². The Labute approximate surface area is 134 Å². The molecule has 1 heterocycles. The van der Waals surface area contributed by atoms with E-state index in [1.165, 1.54) is 9.13 Å². The molecule has 1 rings (SSSR count). The number of hydrogen-bond acceptors (Lipinski definition) is 6. The molecule has 8 heteroatoms. The maximum atomic E-state index is 12.0. The van der Waals surface area contributed by atoms with E-state index in [1.54, 1.807) is 34.2 Å². The predicted octanol–water partition coefficient (Wildman–Crippen LogP) is 1.93. The predicted molar refractivity (Wildman–Crippen MR) is 89.7 cm³/mol. The molecule has 1 aromatic heterocycles. The number of hydrogen-bond donors (Lipinski definition) is 1. The highest BCUT2D eigenvalue weighted by Crippen LogP contribution is 2.23. The van der Waals surface area contributed by atoms with E-state index < -0.39 is 0 Å². The number of carbonyl (C=O) groups excluding carboxylic acids is 1. The Morgan fingerprint density at radius 3 is 2.68 bits per heavy atom. The van der Waals surface area contributed by atoms with Crippen LogP contribution >= 0.6 is 12.2 Å². The third-order valence-electron chi connectivity index (χ3n) is 3.05. The van der Waals surface area contributed by atoms with E-state index in [0.717, 1.165) is 0 Å². The number of aromatic nitrogens is 2. The van der Waals surface area contributed by atoms with Crippen LogP contribution in [-0.4, -0.2) is 34.5 Å². The minimum atomic E-state index is -0.234. The number of ether oxygens (including phenoxy) is 1. The van der Waals surface area contributed by atoms with Crippen LogP contribution in [0.4, 0.5) is 11.5 Å². The lowest BCUT2D eigenvalue weighted by molar-refractivity contribution is -0.143. The first-order chi connectivity index (χ1) is 10.4. The van der Waals surface area contributed by atoms with Gasteiger partial charge in [0.05, 0.1) is 6.61 Å². The molecule has 0 spiro atoms. The molecule has 22 heavy (non-hydrogen) atoms. The second-order valence-corrected chi connectivity index (χ2v) is 5.01. The van der Waals surface area contributed by atoms with Crippen molar-refractivity contribution >= 4 is 35.9 Å². The van der Waals surface area contributed by atoms with Gasteiger partial charge in [0.2, 0.25) is 0 Å². The molecular formula is C14H22N4O3S. The zero-order chi connectivity index (χ0) is 16.7. The summed E-state index contributed by atoms with van der Waals surface area (Å²) in [5.74, 6) is 0.257. The molecule has 1 N–H and O–H groups in total. The third-order valence-corrected chi connectivity index (χ3v) is 3.53. The molecule has 7 nitrogen and oxygen atoms in total. The Bertz CT molecular complexity index is 676. The van der Waals surface area contributed by atoms with Gasteiger partial charge < -0.3 is 10.1 Å². The average molecular weight is 326 g/mol. The fourth-order valence-corrected chi connectivity index (χ4v) is 2.18. The van der Waals surface area contributed by atoms with Gasteiger partial charge >= 0.3 is 11.7 Å². The van der Waals surface area contributed by atoms with Crippen LogP contribution in [0.5, 0.6) is 0 Å². The van der Waals surface area contributed by atoms with E-state index >= 15 is 0 Å². The quantitative estimate of drug-likeness (QED) is 0.358. The molecule has 0 aliphatic rings. The Balaban J connectivity index is 2.93. The van der Waals surface area contributed by atoms with Crippen molar-refractivity contribution in [1.82, 2.24) is 9.13 Å². The average Bonchev–Trinajstić information content (AvgIpc) is 2.49. The van der Waals surface area contributed by atoms with Crippen molar-refractivity contribution in [3.63, 3.8) is 0 Å². The molecule has 0 fully saturated rings. The monoisotopic (exact) mass is 326 g/mol. The number of carbonyl (C=O) groups is 1. The SMILES string of the molecule is CC=Nc1c(NCCCC(=O)OCC)c(=S)n(C)c(=O)n1C. The van der Waals surface area contributed by atoms with Gasteiger partial charge in [-0.3, -0.25) is 13.9 Å². The molecule has 0 aliphatic heterocycles. The molecule has 0 radical (unpaired) electrons. The Kier molecular flexibility index (Phi) is 6.97. The summed E-state index contributed by atoms with van der Waals surface area (Å²) >= 11 is 5.31. The molecule has 0 bridgehead atoms. The van der Waals surface area contributed by atoms with Gasteiger partial charge in [0.25, 0.3) is 0 Å². The topological polar surface area (TPSA) is 77.6 Å². The fraction of sp³-hybridized carbons (Fsp3) is 0.571. The number of rotatable bonds is 7. The molecule has 0 unspecified atom stereocenters. The molecular weight excluding hydrogens is 304 g/mol. The van der Waals surface area contributed by atoms with Gasteiger partial charge in [0.1, 0.15) is 10.3 Å². The standard InChI is InChI=1S/C14H22N4O3S/c1-5-15-12-11(13(22)18(4)14(20)17(12)3)16-9-7-8-10(19)21-6-2/h5,16H,6-9H2,1-4H3. The number of esters is 1. The maximum absolute atomic E-state index is 12.0. The van der Waals surface area contributed by atoms with E-state index in [2.05, 4.69) is 10.3 Å². The zero-order valence-corrected chi connectivity index (χ0v) is 14.2. The largest absolute Gasteiger partial charge is 0.466 e. The molecule has 0 saturated heterocycles. The normalized spacial score (nSPS) is 10.9. The van der Waals surface area contributed by atoms with Crippen molar-refractivity contribution in [3.8, 4) is 0 Å². The smallest absolute Gasteiger partial charge is 0.330 e. The Hall–Kier alpha value is -1.96. The van der Waals surface area contributed by atoms with Crippen LogP contribution in [0.2, 0.25) is 0 Å². The second-order valence-electron chi connectivity index (χ2n) is 4.63. The van der Waals surface area contributed by atoms with Crippen LogP contribution < -0.4 is 11.0 Å². The summed E-state index contributed by atoms with van der Waals surface area (Å²) < 4.78 is 8.08. The van der Waals surface area contributed by atoms with Crippen LogP contribution in [0.25, 0.3) is 0 Å². The summed E-state index contributed by atoms with van der Waals surface area (Å²) in [5, 5.41) is 3.17. The lowest BCUT2D eigenvalue weighted by atomic mass is 10.3. The van der Waals surface area contributed by atoms with Gasteiger partial charge in [0, 0.05) is 33.3 Å². The molecule has 0 atom stereocenters. The minimum absolute atomic E-state index is 0.222.